The molecule has 2 aliphatic carbocycles. The normalized spacial score (nSPS) is 19.9. The smallest absolute Gasteiger partial charge is 0.451 e. The predicted molar refractivity (Wildman–Crippen MR) is 358 cm³/mol. The van der Waals surface area contributed by atoms with Gasteiger partial charge in [-0.25, -0.2) is 29.9 Å². The van der Waals surface area contributed by atoms with Crippen LogP contribution in [-0.2, 0) is 73.9 Å². The van der Waals surface area contributed by atoms with E-state index in [0.717, 1.165) is 88.6 Å². The molecule has 4 fully saturated rings. The van der Waals surface area contributed by atoms with Crippen LogP contribution in [0.1, 0.15) is 87.2 Å². The molecule has 26 nitrogen and oxygen atoms in total. The van der Waals surface area contributed by atoms with Gasteiger partial charge >= 0.3 is 12.4 Å². The summed E-state index contributed by atoms with van der Waals surface area (Å²) >= 11 is 0. The number of halogens is 6. The van der Waals surface area contributed by atoms with Crippen LogP contribution in [0.15, 0.2) is 74.1 Å². The van der Waals surface area contributed by atoms with Gasteiger partial charge in [0, 0.05) is 126 Å². The van der Waals surface area contributed by atoms with Gasteiger partial charge in [-0.3, -0.25) is 23.3 Å². The molecule has 536 valence electrons. The zero-order valence-electron chi connectivity index (χ0n) is 56.8. The van der Waals surface area contributed by atoms with Crippen molar-refractivity contribution in [3.8, 4) is 46.4 Å². The largest absolute Gasteiger partial charge is 0.474 e. The van der Waals surface area contributed by atoms with Crippen LogP contribution in [0.25, 0.3) is 44.6 Å². The molecule has 2 aliphatic heterocycles. The number of hydrogen-bond acceptors (Lipinski definition) is 22. The number of hydrogen-bond donors (Lipinski definition) is 1. The van der Waals surface area contributed by atoms with E-state index in [1.54, 1.807) is 18.7 Å². The lowest BCUT2D eigenvalue weighted by atomic mass is 9.82. The van der Waals surface area contributed by atoms with E-state index in [1.165, 1.54) is 18.5 Å². The fraction of sp³-hybridized carbons (Fsp3) is 0.569. The van der Waals surface area contributed by atoms with Gasteiger partial charge in [0.05, 0.1) is 73.0 Å². The number of alkyl halides is 6. The van der Waals surface area contributed by atoms with Crippen molar-refractivity contribution < 1.29 is 63.0 Å². The molecule has 2 saturated heterocycles. The number of rotatable bonds is 26. The second-order valence-electron chi connectivity index (χ2n) is 28.7. The second kappa shape index (κ2) is 30.0. The van der Waals surface area contributed by atoms with Crippen molar-refractivity contribution in [1.29, 1.82) is 10.5 Å². The van der Waals surface area contributed by atoms with Crippen LogP contribution in [0.3, 0.4) is 0 Å². The number of nitrogens with zero attached hydrogens (tertiary/aromatic N) is 18. The van der Waals surface area contributed by atoms with Crippen molar-refractivity contribution in [3.63, 3.8) is 0 Å². The third-order valence-corrected chi connectivity index (χ3v) is 22.5. The number of aliphatic hydroxyl groups excluding tert-OH is 1. The monoisotopic (exact) mass is 1440 g/mol. The quantitative estimate of drug-likeness (QED) is 0.0228. The number of aromatic nitrogens is 14. The van der Waals surface area contributed by atoms with Crippen LogP contribution in [0.4, 0.5) is 26.3 Å². The van der Waals surface area contributed by atoms with Crippen LogP contribution >= 0.6 is 0 Å². The summed E-state index contributed by atoms with van der Waals surface area (Å²) in [4.78, 5) is 36.7. The number of ether oxygens (including phenoxy) is 4. The minimum Gasteiger partial charge on any atom is -0.474 e. The second-order valence-corrected chi connectivity index (χ2v) is 41.6. The average Bonchev–Trinajstić information content (AvgIpc) is 1.00. The average molecular weight is 1450 g/mol. The number of aliphatic hydroxyl groups is 1. The highest BCUT2D eigenvalue weighted by Crippen LogP contribution is 2.42. The molecule has 100 heavy (non-hydrogen) atoms. The van der Waals surface area contributed by atoms with Crippen LogP contribution < -0.4 is 9.47 Å². The maximum Gasteiger partial charge on any atom is 0.451 e. The molecular formula is C65H82F6N18O8SSi2. The van der Waals surface area contributed by atoms with Crippen molar-refractivity contribution in [2.75, 3.05) is 45.6 Å². The van der Waals surface area contributed by atoms with Gasteiger partial charge in [0.25, 0.3) is 10.1 Å². The summed E-state index contributed by atoms with van der Waals surface area (Å²) in [6, 6.07) is 13.7. The van der Waals surface area contributed by atoms with Crippen LogP contribution in [0, 0.1) is 22.7 Å². The zero-order valence-corrected chi connectivity index (χ0v) is 59.6. The predicted octanol–water partition coefficient (Wildman–Crippen LogP) is 10.4. The summed E-state index contributed by atoms with van der Waals surface area (Å²) in [6.07, 6.45) is 11.0. The molecule has 35 heteroatoms. The molecular weight excluding hydrogens is 1360 g/mol. The fourth-order valence-corrected chi connectivity index (χ4v) is 15.0. The van der Waals surface area contributed by atoms with Crippen molar-refractivity contribution in [2.24, 2.45) is 0 Å². The molecule has 0 bridgehead atoms. The molecule has 0 unspecified atom stereocenters. The SMILES string of the molecule is C[Si](C)(C)CCOCn1ccc2c(-c3cnn(C4(CC#N)CN([C@H]5CC[C@@H](Oc6cc(CO)nc(C(F)(F)F)n6)CC5)C4)c3)ncnc21.C[Si](C)(C)CCOCn1ccc2c(-c3cnn(C4(CC#N)CN([C@H]5CC[C@@H](Oc6cc(COS(C)(=O)=O)nc(C(F)(F)F)n6)CC5)C4)c3)ncnc21. The van der Waals surface area contributed by atoms with Crippen molar-refractivity contribution in [2.45, 2.75) is 190 Å². The van der Waals surface area contributed by atoms with Crippen LogP contribution in [0.2, 0.25) is 51.4 Å². The van der Waals surface area contributed by atoms with Gasteiger partial charge in [0.15, 0.2) is 0 Å². The molecule has 4 aliphatic rings. The molecule has 12 rings (SSSR count). The number of fused-ring (bicyclic) bond motifs is 2. The standard InChI is InChI=1S/C33H42F3N9O5SSi.C32H40F3N9O3Si/c1-51(46,47)49-18-24-15-28(42-31(41-24)33(34,35)36)50-26-7-5-25(6-8-26)44-19-32(20-44,10-11-37)45-17-23(16-40-45)29-27-9-12-43(30(27)39-21-38-29)22-48-13-14-52(2,3)4;1-48(2,3)13-12-46-21-42-11-8-26-28(37-20-38-29(26)42)22-15-39-44(16-22)31(9-10-36)18-43(19-31)24-4-6-25(7-5-24)47-27-14-23(17-45)40-30(41-27)32(33,34)35/h9,12,15-17,21,25-26H,5-8,10,13-14,18-20,22H2,1-4H3;8,11,14-16,20,24-25,45H,4-7,9,12-13,17-19,21H2,1-3H3/t25-,26+;24-,25+. The first kappa shape index (κ1) is 73.3. The van der Waals surface area contributed by atoms with E-state index in [4.69, 9.17) is 29.1 Å². The highest BCUT2D eigenvalue weighted by molar-refractivity contribution is 7.85. The Bertz CT molecular complexity index is 4350. The highest BCUT2D eigenvalue weighted by Gasteiger charge is 2.50. The molecule has 0 aromatic carbocycles. The van der Waals surface area contributed by atoms with Crippen LogP contribution in [-0.4, -0.2) is 178 Å². The first-order valence-corrected chi connectivity index (χ1v) is 42.4. The summed E-state index contributed by atoms with van der Waals surface area (Å²) < 4.78 is 139. The molecule has 10 heterocycles. The first-order chi connectivity index (χ1) is 47.4. The van der Waals surface area contributed by atoms with E-state index in [9.17, 15) is 50.4 Å². The topological polar surface area (TPSA) is 303 Å². The van der Waals surface area contributed by atoms with E-state index < -0.39 is 74.6 Å². The summed E-state index contributed by atoms with van der Waals surface area (Å²) in [5.41, 5.74) is 3.36. The third kappa shape index (κ3) is 17.9. The van der Waals surface area contributed by atoms with E-state index in [0.29, 0.717) is 85.0 Å². The van der Waals surface area contributed by atoms with Gasteiger partial charge in [-0.2, -0.15) is 65.4 Å². The highest BCUT2D eigenvalue weighted by atomic mass is 32.2. The van der Waals surface area contributed by atoms with E-state index in [2.05, 4.69) is 105 Å². The van der Waals surface area contributed by atoms with Gasteiger partial charge in [-0.1, -0.05) is 39.3 Å². The Hall–Kier alpha value is -7.88. The molecule has 1 N–H and O–H groups in total. The van der Waals surface area contributed by atoms with Crippen molar-refractivity contribution in [3.05, 3.63) is 97.1 Å². The maximum absolute atomic E-state index is 13.5. The lowest BCUT2D eigenvalue weighted by molar-refractivity contribution is -0.146. The van der Waals surface area contributed by atoms with Gasteiger partial charge in [0.1, 0.15) is 67.3 Å². The van der Waals surface area contributed by atoms with Gasteiger partial charge in [-0.05, 0) is 75.6 Å². The van der Waals surface area contributed by atoms with Crippen LogP contribution in [0.5, 0.6) is 11.8 Å². The van der Waals surface area contributed by atoms with E-state index >= 15 is 0 Å². The summed E-state index contributed by atoms with van der Waals surface area (Å²) in [5.74, 6) is -3.22. The summed E-state index contributed by atoms with van der Waals surface area (Å²) in [6.45, 7) is 17.4. The van der Waals surface area contributed by atoms with Gasteiger partial charge in [0.2, 0.25) is 23.4 Å². The van der Waals surface area contributed by atoms with Gasteiger partial charge < -0.3 is 33.2 Å². The molecule has 2 saturated carbocycles. The van der Waals surface area contributed by atoms with E-state index in [1.807, 2.05) is 55.4 Å². The molecule has 0 atom stereocenters. The Labute approximate surface area is 576 Å². The third-order valence-electron chi connectivity index (χ3n) is 18.6. The molecule has 0 radical (unpaired) electrons. The maximum atomic E-state index is 13.5. The fourth-order valence-electron chi connectivity index (χ4n) is 13.1. The minimum absolute atomic E-state index is 0.141. The first-order valence-electron chi connectivity index (χ1n) is 33.2. The number of nitriles is 2. The molecule has 0 amide bonds. The number of likely N-dealkylation sites (tertiary alicyclic amines) is 2. The lowest BCUT2D eigenvalue weighted by Crippen LogP contribution is -2.65. The Kier molecular flexibility index (Phi) is 22.0. The Morgan fingerprint density at radius 1 is 0.610 bits per heavy atom. The molecule has 8 aromatic rings. The molecule has 0 spiro atoms. The summed E-state index contributed by atoms with van der Waals surface area (Å²) in [5, 5.41) is 40.1. The lowest BCUT2D eigenvalue weighted by Gasteiger charge is -2.53. The van der Waals surface area contributed by atoms with Gasteiger partial charge in [-0.15, -0.1) is 0 Å². The zero-order chi connectivity index (χ0) is 71.4. The van der Waals surface area contributed by atoms with E-state index in [-0.39, 0.29) is 53.9 Å². The van der Waals surface area contributed by atoms with Crippen molar-refractivity contribution in [1.82, 2.24) is 78.4 Å². The Balaban J connectivity index is 0.000000202. The Morgan fingerprint density at radius 2 is 1.02 bits per heavy atom. The van der Waals surface area contributed by atoms with Crippen molar-refractivity contribution >= 4 is 48.3 Å². The Morgan fingerprint density at radius 3 is 1.40 bits per heavy atom. The summed E-state index contributed by atoms with van der Waals surface area (Å²) in [7, 11) is -6.27. The minimum atomic E-state index is -4.85. The molecule has 8 aromatic heterocycles.